The summed E-state index contributed by atoms with van der Waals surface area (Å²) in [6, 6.07) is 2.91. The molecular formula is C23H23FN4O4. The highest BCUT2D eigenvalue weighted by Gasteiger charge is 2.30. The normalized spacial score (nSPS) is 12.9. The molecule has 1 aliphatic heterocycles. The maximum atomic E-state index is 14.9. The van der Waals surface area contributed by atoms with Gasteiger partial charge in [-0.05, 0) is 39.8 Å². The van der Waals surface area contributed by atoms with Crippen molar-refractivity contribution in [1.82, 2.24) is 15.2 Å². The van der Waals surface area contributed by atoms with Crippen molar-refractivity contribution >= 4 is 28.5 Å². The highest BCUT2D eigenvalue weighted by Crippen LogP contribution is 2.34. The third-order valence-corrected chi connectivity index (χ3v) is 5.08. The summed E-state index contributed by atoms with van der Waals surface area (Å²) in [5, 5.41) is 8.69. The van der Waals surface area contributed by atoms with Crippen molar-refractivity contribution in [2.45, 2.75) is 46.3 Å². The van der Waals surface area contributed by atoms with Crippen LogP contribution in [0, 0.1) is 5.82 Å². The Morgan fingerprint density at radius 2 is 1.88 bits per heavy atom. The van der Waals surface area contributed by atoms with Crippen LogP contribution in [-0.4, -0.2) is 39.3 Å². The van der Waals surface area contributed by atoms with Gasteiger partial charge in [0, 0.05) is 40.1 Å². The van der Waals surface area contributed by atoms with Gasteiger partial charge < -0.3 is 9.47 Å². The summed E-state index contributed by atoms with van der Waals surface area (Å²) < 4.78 is 26.0. The van der Waals surface area contributed by atoms with Gasteiger partial charge in [-0.1, -0.05) is 0 Å². The van der Waals surface area contributed by atoms with Crippen LogP contribution in [-0.2, 0) is 17.7 Å². The number of nitrogens with zero attached hydrogens (tertiary/aromatic N) is 4. The molecule has 4 rings (SSSR count). The molecule has 8 nitrogen and oxygen atoms in total. The van der Waals surface area contributed by atoms with Gasteiger partial charge in [-0.3, -0.25) is 9.69 Å². The number of ether oxygens (including phenoxy) is 2. The second-order valence-electron chi connectivity index (χ2n) is 8.54. The van der Waals surface area contributed by atoms with E-state index in [1.807, 2.05) is 0 Å². The summed E-state index contributed by atoms with van der Waals surface area (Å²) in [6.45, 7) is 6.97. The Labute approximate surface area is 184 Å². The highest BCUT2D eigenvalue weighted by atomic mass is 19.1. The maximum absolute atomic E-state index is 14.9. The van der Waals surface area contributed by atoms with Crippen molar-refractivity contribution in [3.8, 4) is 5.75 Å². The van der Waals surface area contributed by atoms with Crippen molar-refractivity contribution in [3.63, 3.8) is 0 Å². The molecule has 1 aromatic carbocycles. The van der Waals surface area contributed by atoms with Gasteiger partial charge in [0.05, 0.1) is 25.5 Å². The summed E-state index contributed by atoms with van der Waals surface area (Å²) in [6.07, 6.45) is 4.09. The van der Waals surface area contributed by atoms with Crippen LogP contribution in [0.15, 0.2) is 30.7 Å². The lowest BCUT2D eigenvalue weighted by Crippen LogP contribution is -2.37. The minimum absolute atomic E-state index is 0.128. The topological polar surface area (TPSA) is 94.5 Å². The van der Waals surface area contributed by atoms with Gasteiger partial charge in [-0.25, -0.2) is 14.2 Å². The number of benzene rings is 1. The molecular weight excluding hydrogens is 415 g/mol. The number of Topliss-reactive ketones (excluding diaryl/α,β-unsaturated/α-hetero) is 1. The second-order valence-corrected chi connectivity index (χ2v) is 8.54. The Bertz CT molecular complexity index is 1220. The van der Waals surface area contributed by atoms with Crippen LogP contribution in [0.25, 0.3) is 10.8 Å². The molecule has 3 aromatic rings. The van der Waals surface area contributed by atoms with E-state index in [-0.39, 0.29) is 18.1 Å². The quantitative estimate of drug-likeness (QED) is 0.562. The minimum atomic E-state index is -0.787. The summed E-state index contributed by atoms with van der Waals surface area (Å²) in [5.74, 6) is 0.147. The molecule has 32 heavy (non-hydrogen) atoms. The first-order chi connectivity index (χ1) is 15.2. The number of aromatic nitrogens is 3. The third kappa shape index (κ3) is 4.10. The second kappa shape index (κ2) is 8.14. The SMILES string of the molecule is CC(=O)c1cnc(N(Cc2c(F)ccc3c2CCO3)C(=O)OC(C)(C)C)c2cnncc12. The first-order valence-electron chi connectivity index (χ1n) is 10.2. The number of rotatable bonds is 4. The van der Waals surface area contributed by atoms with Crippen molar-refractivity contribution in [3.05, 3.63) is 53.2 Å². The standard InChI is InChI=1S/C23H23FN4O4/c1-13(29)15-9-25-21(17-11-27-26-10-16(15)17)28(22(30)32-23(2,3)4)12-18-14-7-8-31-20(14)6-5-19(18)24/h5-6,9-11H,7-8,12H2,1-4H3. The number of halogens is 1. The third-order valence-electron chi connectivity index (χ3n) is 5.08. The molecule has 166 valence electrons. The molecule has 1 aliphatic rings. The molecule has 0 bridgehead atoms. The largest absolute Gasteiger partial charge is 0.493 e. The van der Waals surface area contributed by atoms with Crippen molar-refractivity contribution in [2.75, 3.05) is 11.5 Å². The van der Waals surface area contributed by atoms with E-state index in [0.29, 0.717) is 46.2 Å². The first kappa shape index (κ1) is 21.6. The number of hydrogen-bond acceptors (Lipinski definition) is 7. The molecule has 1 amide bonds. The van der Waals surface area contributed by atoms with Gasteiger partial charge in [-0.15, -0.1) is 0 Å². The van der Waals surface area contributed by atoms with Gasteiger partial charge >= 0.3 is 6.09 Å². The van der Waals surface area contributed by atoms with Crippen LogP contribution in [0.1, 0.15) is 49.2 Å². The number of ketones is 1. The molecule has 9 heteroatoms. The average Bonchev–Trinajstić information content (AvgIpc) is 3.20. The molecule has 0 aliphatic carbocycles. The molecule has 2 aromatic heterocycles. The molecule has 0 unspecified atom stereocenters. The van der Waals surface area contributed by atoms with E-state index in [9.17, 15) is 14.0 Å². The first-order valence-corrected chi connectivity index (χ1v) is 10.2. The summed E-state index contributed by atoms with van der Waals surface area (Å²) in [5.41, 5.74) is 0.606. The van der Waals surface area contributed by atoms with E-state index in [1.54, 1.807) is 26.8 Å². The zero-order chi connectivity index (χ0) is 23.0. The number of anilines is 1. The number of carbonyl (C=O) groups excluding carboxylic acids is 2. The van der Waals surface area contributed by atoms with Crippen molar-refractivity contribution in [1.29, 1.82) is 0 Å². The fourth-order valence-corrected chi connectivity index (χ4v) is 3.66. The van der Waals surface area contributed by atoms with E-state index in [4.69, 9.17) is 9.47 Å². The van der Waals surface area contributed by atoms with Gasteiger partial charge in [-0.2, -0.15) is 10.2 Å². The number of fused-ring (bicyclic) bond motifs is 2. The monoisotopic (exact) mass is 438 g/mol. The molecule has 0 spiro atoms. The smallest absolute Gasteiger partial charge is 0.416 e. The summed E-state index contributed by atoms with van der Waals surface area (Å²) in [4.78, 5) is 31.0. The van der Waals surface area contributed by atoms with E-state index >= 15 is 0 Å². The summed E-state index contributed by atoms with van der Waals surface area (Å²) in [7, 11) is 0. The van der Waals surface area contributed by atoms with Crippen LogP contribution < -0.4 is 9.64 Å². The predicted molar refractivity (Wildman–Crippen MR) is 115 cm³/mol. The van der Waals surface area contributed by atoms with E-state index in [1.165, 1.54) is 36.5 Å². The van der Waals surface area contributed by atoms with Gasteiger partial charge in [0.2, 0.25) is 0 Å². The fourth-order valence-electron chi connectivity index (χ4n) is 3.66. The van der Waals surface area contributed by atoms with Crippen molar-refractivity contribution in [2.24, 2.45) is 0 Å². The summed E-state index contributed by atoms with van der Waals surface area (Å²) >= 11 is 0. The molecule has 3 heterocycles. The fraction of sp³-hybridized carbons (Fsp3) is 0.348. The Balaban J connectivity index is 1.87. The maximum Gasteiger partial charge on any atom is 0.416 e. The average molecular weight is 438 g/mol. The van der Waals surface area contributed by atoms with E-state index in [2.05, 4.69) is 15.2 Å². The predicted octanol–water partition coefficient (Wildman–Crippen LogP) is 4.24. The molecule has 0 N–H and O–H groups in total. The number of pyridine rings is 1. The molecule has 0 saturated carbocycles. The van der Waals surface area contributed by atoms with Gasteiger partial charge in [0.25, 0.3) is 0 Å². The lowest BCUT2D eigenvalue weighted by molar-refractivity contribution is 0.0576. The number of amides is 1. The number of hydrogen-bond donors (Lipinski definition) is 0. The highest BCUT2D eigenvalue weighted by molar-refractivity contribution is 6.10. The Kier molecular flexibility index (Phi) is 5.50. The van der Waals surface area contributed by atoms with Gasteiger partial charge in [0.1, 0.15) is 23.0 Å². The Morgan fingerprint density at radius 1 is 1.16 bits per heavy atom. The van der Waals surface area contributed by atoms with Crippen LogP contribution in [0.4, 0.5) is 15.0 Å². The van der Waals surface area contributed by atoms with Crippen LogP contribution >= 0.6 is 0 Å². The van der Waals surface area contributed by atoms with Gasteiger partial charge in [0.15, 0.2) is 5.78 Å². The van der Waals surface area contributed by atoms with Crippen LogP contribution in [0.3, 0.4) is 0 Å². The lowest BCUT2D eigenvalue weighted by Gasteiger charge is -2.28. The number of carbonyl (C=O) groups is 2. The molecule has 0 atom stereocenters. The van der Waals surface area contributed by atoms with E-state index in [0.717, 1.165) is 0 Å². The lowest BCUT2D eigenvalue weighted by atomic mass is 10.0. The molecule has 0 radical (unpaired) electrons. The molecule has 0 saturated heterocycles. The van der Waals surface area contributed by atoms with E-state index < -0.39 is 17.5 Å². The van der Waals surface area contributed by atoms with Crippen LogP contribution in [0.5, 0.6) is 5.75 Å². The Hall–Kier alpha value is -3.62. The van der Waals surface area contributed by atoms with Crippen molar-refractivity contribution < 1.29 is 23.5 Å². The zero-order valence-electron chi connectivity index (χ0n) is 18.3. The minimum Gasteiger partial charge on any atom is -0.493 e. The molecule has 0 fully saturated rings. The Morgan fingerprint density at radius 3 is 2.56 bits per heavy atom. The zero-order valence-corrected chi connectivity index (χ0v) is 18.3. The van der Waals surface area contributed by atoms with Crippen LogP contribution in [0.2, 0.25) is 0 Å².